The molecule has 1 heterocycles. The normalized spacial score (nSPS) is 24.4. The maximum absolute atomic E-state index is 12.2. The van der Waals surface area contributed by atoms with Gasteiger partial charge in [-0.2, -0.15) is 0 Å². The van der Waals surface area contributed by atoms with Gasteiger partial charge in [0.15, 0.2) is 0 Å². The zero-order chi connectivity index (χ0) is 16.6. The summed E-state index contributed by atoms with van der Waals surface area (Å²) in [6.45, 7) is 4.47. The van der Waals surface area contributed by atoms with Crippen molar-refractivity contribution >= 4 is 11.8 Å². The van der Waals surface area contributed by atoms with E-state index >= 15 is 0 Å². The Morgan fingerprint density at radius 3 is 2.74 bits per heavy atom. The van der Waals surface area contributed by atoms with Crippen LogP contribution in [0.1, 0.15) is 48.2 Å². The molecule has 1 saturated heterocycles. The van der Waals surface area contributed by atoms with Crippen LogP contribution in [0.3, 0.4) is 0 Å². The number of fused-ring (bicyclic) bond motifs is 1. The summed E-state index contributed by atoms with van der Waals surface area (Å²) in [5.41, 5.74) is 3.05. The summed E-state index contributed by atoms with van der Waals surface area (Å²) in [6, 6.07) is 5.73. The number of aliphatic hydroxyl groups excluding tert-OH is 1. The van der Waals surface area contributed by atoms with Crippen molar-refractivity contribution < 1.29 is 14.7 Å². The SMILES string of the molecule is CC(C)C(O)NC(=O)c1ccc2c(c1)CC[C@@]1(CNC(=O)C1)C2. The Balaban J connectivity index is 1.74. The second-order valence-corrected chi connectivity index (χ2v) is 7.28. The molecular weight excluding hydrogens is 292 g/mol. The summed E-state index contributed by atoms with van der Waals surface area (Å²) >= 11 is 0. The van der Waals surface area contributed by atoms with Gasteiger partial charge in [0.1, 0.15) is 6.23 Å². The van der Waals surface area contributed by atoms with Gasteiger partial charge >= 0.3 is 0 Å². The Labute approximate surface area is 136 Å². The van der Waals surface area contributed by atoms with Crippen LogP contribution in [0.4, 0.5) is 0 Å². The molecule has 3 N–H and O–H groups in total. The van der Waals surface area contributed by atoms with Gasteiger partial charge in [-0.3, -0.25) is 9.59 Å². The highest BCUT2D eigenvalue weighted by molar-refractivity contribution is 5.94. The van der Waals surface area contributed by atoms with Crippen LogP contribution in [-0.2, 0) is 17.6 Å². The van der Waals surface area contributed by atoms with E-state index in [1.165, 1.54) is 11.1 Å². The Bertz CT molecular complexity index is 641. The van der Waals surface area contributed by atoms with Gasteiger partial charge < -0.3 is 15.7 Å². The van der Waals surface area contributed by atoms with Gasteiger partial charge in [0.05, 0.1) is 0 Å². The van der Waals surface area contributed by atoms with Gasteiger partial charge in [-0.15, -0.1) is 0 Å². The number of benzene rings is 1. The molecule has 0 bridgehead atoms. The zero-order valence-corrected chi connectivity index (χ0v) is 13.7. The predicted molar refractivity (Wildman–Crippen MR) is 86.8 cm³/mol. The van der Waals surface area contributed by atoms with Crippen molar-refractivity contribution in [3.05, 3.63) is 34.9 Å². The average Bonchev–Trinajstić information content (AvgIpc) is 2.87. The molecule has 5 heteroatoms. The molecule has 2 atom stereocenters. The quantitative estimate of drug-likeness (QED) is 0.737. The van der Waals surface area contributed by atoms with E-state index in [1.54, 1.807) is 0 Å². The van der Waals surface area contributed by atoms with Gasteiger partial charge in [0, 0.05) is 23.9 Å². The molecule has 23 heavy (non-hydrogen) atoms. The molecule has 5 nitrogen and oxygen atoms in total. The molecule has 1 unspecified atom stereocenters. The highest BCUT2D eigenvalue weighted by Crippen LogP contribution is 2.40. The number of aryl methyl sites for hydroxylation is 1. The minimum atomic E-state index is -0.836. The minimum Gasteiger partial charge on any atom is -0.373 e. The van der Waals surface area contributed by atoms with E-state index in [9.17, 15) is 14.7 Å². The van der Waals surface area contributed by atoms with Crippen LogP contribution in [0.2, 0.25) is 0 Å². The number of hydrogen-bond donors (Lipinski definition) is 3. The fourth-order valence-electron chi connectivity index (χ4n) is 3.50. The Hall–Kier alpha value is -1.88. The maximum Gasteiger partial charge on any atom is 0.253 e. The monoisotopic (exact) mass is 316 g/mol. The van der Waals surface area contributed by atoms with Crippen molar-refractivity contribution in [3.63, 3.8) is 0 Å². The van der Waals surface area contributed by atoms with Crippen molar-refractivity contribution in [3.8, 4) is 0 Å². The lowest BCUT2D eigenvalue weighted by atomic mass is 9.71. The molecular formula is C18H24N2O3. The molecule has 2 aliphatic rings. The molecule has 124 valence electrons. The van der Waals surface area contributed by atoms with Crippen molar-refractivity contribution in [1.82, 2.24) is 10.6 Å². The molecule has 1 aromatic carbocycles. The summed E-state index contributed by atoms with van der Waals surface area (Å²) in [6.07, 6.45) is 2.51. The number of carbonyl (C=O) groups excluding carboxylic acids is 2. The van der Waals surface area contributed by atoms with E-state index in [0.717, 1.165) is 25.8 Å². The Kier molecular flexibility index (Phi) is 4.15. The first-order valence-electron chi connectivity index (χ1n) is 8.26. The number of rotatable bonds is 3. The Morgan fingerprint density at radius 1 is 1.30 bits per heavy atom. The fourth-order valence-corrected chi connectivity index (χ4v) is 3.50. The van der Waals surface area contributed by atoms with Gasteiger partial charge in [0.25, 0.3) is 5.91 Å². The molecule has 1 aliphatic carbocycles. The minimum absolute atomic E-state index is 0.0242. The third-order valence-electron chi connectivity index (χ3n) is 5.07. The second kappa shape index (κ2) is 5.96. The molecule has 1 aliphatic heterocycles. The number of carbonyl (C=O) groups is 2. The zero-order valence-electron chi connectivity index (χ0n) is 13.7. The standard InChI is InChI=1S/C18H24N2O3/c1-11(2)16(22)20-17(23)13-3-4-14-8-18(6-5-12(14)7-13)9-15(21)19-10-18/h3-4,7,11,16,22H,5-6,8-10H2,1-2H3,(H,19,21)(H,20,23)/t16?,18-/m1/s1. The summed E-state index contributed by atoms with van der Waals surface area (Å²) in [5, 5.41) is 15.4. The molecule has 1 fully saturated rings. The fraction of sp³-hybridized carbons (Fsp3) is 0.556. The molecule has 1 aromatic rings. The topological polar surface area (TPSA) is 78.4 Å². The second-order valence-electron chi connectivity index (χ2n) is 7.28. The van der Waals surface area contributed by atoms with Crippen molar-refractivity contribution in [2.24, 2.45) is 11.3 Å². The largest absolute Gasteiger partial charge is 0.373 e. The average molecular weight is 316 g/mol. The van der Waals surface area contributed by atoms with Crippen LogP contribution >= 0.6 is 0 Å². The van der Waals surface area contributed by atoms with Gasteiger partial charge in [-0.1, -0.05) is 19.9 Å². The van der Waals surface area contributed by atoms with E-state index in [1.807, 2.05) is 32.0 Å². The highest BCUT2D eigenvalue weighted by Gasteiger charge is 2.40. The third kappa shape index (κ3) is 3.24. The van der Waals surface area contributed by atoms with Crippen LogP contribution in [0, 0.1) is 11.3 Å². The predicted octanol–water partition coefficient (Wildman–Crippen LogP) is 1.39. The highest BCUT2D eigenvalue weighted by atomic mass is 16.3. The van der Waals surface area contributed by atoms with E-state index in [0.29, 0.717) is 12.0 Å². The van der Waals surface area contributed by atoms with Crippen LogP contribution in [-0.4, -0.2) is 29.7 Å². The number of nitrogens with one attached hydrogen (secondary N) is 2. The van der Waals surface area contributed by atoms with E-state index in [-0.39, 0.29) is 23.1 Å². The number of amides is 2. The van der Waals surface area contributed by atoms with Gasteiger partial charge in [0.2, 0.25) is 5.91 Å². The van der Waals surface area contributed by atoms with Crippen LogP contribution in [0.25, 0.3) is 0 Å². The van der Waals surface area contributed by atoms with Crippen LogP contribution < -0.4 is 10.6 Å². The van der Waals surface area contributed by atoms with Gasteiger partial charge in [-0.05, 0) is 48.4 Å². The first-order chi connectivity index (χ1) is 10.9. The Morgan fingerprint density at radius 2 is 2.09 bits per heavy atom. The summed E-state index contributed by atoms with van der Waals surface area (Å²) in [4.78, 5) is 23.8. The van der Waals surface area contributed by atoms with Crippen molar-refractivity contribution in [2.45, 2.75) is 45.8 Å². The molecule has 1 spiro atoms. The first-order valence-corrected chi connectivity index (χ1v) is 8.26. The first kappa shape index (κ1) is 16.0. The molecule has 0 saturated carbocycles. The summed E-state index contributed by atoms with van der Waals surface area (Å²) < 4.78 is 0. The number of aliphatic hydroxyl groups is 1. The van der Waals surface area contributed by atoms with E-state index < -0.39 is 6.23 Å². The maximum atomic E-state index is 12.2. The molecule has 3 rings (SSSR count). The molecule has 2 amide bonds. The lowest BCUT2D eigenvalue weighted by Gasteiger charge is -2.33. The number of hydrogen-bond acceptors (Lipinski definition) is 3. The third-order valence-corrected chi connectivity index (χ3v) is 5.07. The lowest BCUT2D eigenvalue weighted by Crippen LogP contribution is -2.38. The summed E-state index contributed by atoms with van der Waals surface area (Å²) in [5.74, 6) is -0.122. The molecule has 0 aromatic heterocycles. The van der Waals surface area contributed by atoms with Crippen molar-refractivity contribution in [1.29, 1.82) is 0 Å². The lowest BCUT2D eigenvalue weighted by molar-refractivity contribution is -0.119. The van der Waals surface area contributed by atoms with Crippen LogP contribution in [0.15, 0.2) is 18.2 Å². The van der Waals surface area contributed by atoms with E-state index in [4.69, 9.17) is 0 Å². The van der Waals surface area contributed by atoms with Crippen molar-refractivity contribution in [2.75, 3.05) is 6.54 Å². The summed E-state index contributed by atoms with van der Waals surface area (Å²) in [7, 11) is 0. The molecule has 0 radical (unpaired) electrons. The smallest absolute Gasteiger partial charge is 0.253 e. The van der Waals surface area contributed by atoms with E-state index in [2.05, 4.69) is 10.6 Å². The van der Waals surface area contributed by atoms with Crippen LogP contribution in [0.5, 0.6) is 0 Å². The van der Waals surface area contributed by atoms with Gasteiger partial charge in [-0.25, -0.2) is 0 Å².